The first-order chi connectivity index (χ1) is 6.76. The van der Waals surface area contributed by atoms with E-state index in [0.29, 0.717) is 16.8 Å². The van der Waals surface area contributed by atoms with E-state index in [4.69, 9.17) is 4.74 Å². The molecule has 1 N–H and O–H groups in total. The minimum Gasteiger partial charge on any atom is -0.481 e. The van der Waals surface area contributed by atoms with Gasteiger partial charge >= 0.3 is 0 Å². The molecule has 0 aliphatic heterocycles. The summed E-state index contributed by atoms with van der Waals surface area (Å²) in [6.45, 7) is 0. The number of rotatable bonds is 4. The van der Waals surface area contributed by atoms with Gasteiger partial charge in [0.15, 0.2) is 5.16 Å². The van der Waals surface area contributed by atoms with Crippen LogP contribution in [-0.2, 0) is 4.79 Å². The van der Waals surface area contributed by atoms with Gasteiger partial charge in [0.2, 0.25) is 11.8 Å². The van der Waals surface area contributed by atoms with Crippen molar-refractivity contribution in [2.24, 2.45) is 0 Å². The number of carbonyl (C=O) groups excluding carboxylic acids is 1. The summed E-state index contributed by atoms with van der Waals surface area (Å²) in [7, 11) is 3.13. The smallest absolute Gasteiger partial charge is 0.230 e. The number of amides is 1. The van der Waals surface area contributed by atoms with Gasteiger partial charge in [0, 0.05) is 19.3 Å². The minimum absolute atomic E-state index is 0.0542. The first kappa shape index (κ1) is 10.8. The van der Waals surface area contributed by atoms with Gasteiger partial charge in [0.1, 0.15) is 0 Å². The molecule has 0 aliphatic rings. The fourth-order valence-electron chi connectivity index (χ4n) is 0.711. The predicted octanol–water partition coefficient (Wildman–Crippen LogP) is 0.323. The molecule has 0 unspecified atom stereocenters. The number of nitrogens with one attached hydrogen (secondary N) is 1. The summed E-state index contributed by atoms with van der Waals surface area (Å²) in [5.41, 5.74) is 0. The summed E-state index contributed by atoms with van der Waals surface area (Å²) in [4.78, 5) is 19.0. The molecule has 1 rings (SSSR count). The van der Waals surface area contributed by atoms with Crippen molar-refractivity contribution in [3.63, 3.8) is 0 Å². The fraction of sp³-hybridized carbons (Fsp3) is 0.375. The van der Waals surface area contributed by atoms with Crippen molar-refractivity contribution in [1.29, 1.82) is 0 Å². The van der Waals surface area contributed by atoms with Gasteiger partial charge in [-0.15, -0.1) is 0 Å². The average Bonchev–Trinajstić information content (AvgIpc) is 2.26. The van der Waals surface area contributed by atoms with E-state index in [0.717, 1.165) is 0 Å². The molecule has 0 radical (unpaired) electrons. The van der Waals surface area contributed by atoms with Crippen LogP contribution in [0.2, 0.25) is 0 Å². The van der Waals surface area contributed by atoms with Gasteiger partial charge in [0.05, 0.1) is 12.9 Å². The molecular weight excluding hydrogens is 202 g/mol. The van der Waals surface area contributed by atoms with E-state index in [2.05, 4.69) is 15.3 Å². The maximum Gasteiger partial charge on any atom is 0.230 e. The highest BCUT2D eigenvalue weighted by atomic mass is 32.2. The molecule has 0 bridgehead atoms. The van der Waals surface area contributed by atoms with E-state index in [9.17, 15) is 4.79 Å². The van der Waals surface area contributed by atoms with Crippen LogP contribution in [0.25, 0.3) is 0 Å². The molecule has 5 nitrogen and oxygen atoms in total. The van der Waals surface area contributed by atoms with Crippen molar-refractivity contribution in [3.8, 4) is 5.88 Å². The van der Waals surface area contributed by atoms with Gasteiger partial charge < -0.3 is 10.1 Å². The Balaban J connectivity index is 2.54. The third-order valence-corrected chi connectivity index (χ3v) is 2.29. The largest absolute Gasteiger partial charge is 0.481 e. The summed E-state index contributed by atoms with van der Waals surface area (Å²) in [6.07, 6.45) is 1.60. The van der Waals surface area contributed by atoms with Crippen LogP contribution in [0.3, 0.4) is 0 Å². The monoisotopic (exact) mass is 213 g/mol. The number of hydrogen-bond acceptors (Lipinski definition) is 5. The molecule has 1 aromatic rings. The number of nitrogens with zero attached hydrogens (tertiary/aromatic N) is 2. The lowest BCUT2D eigenvalue weighted by atomic mass is 10.6. The number of aromatic nitrogens is 2. The van der Waals surface area contributed by atoms with Gasteiger partial charge in [0.25, 0.3) is 0 Å². The molecule has 0 fully saturated rings. The van der Waals surface area contributed by atoms with Crippen LogP contribution in [-0.4, -0.2) is 35.8 Å². The number of carbonyl (C=O) groups is 1. The molecule has 6 heteroatoms. The quantitative estimate of drug-likeness (QED) is 0.576. The van der Waals surface area contributed by atoms with Crippen LogP contribution in [0, 0.1) is 0 Å². The third-order valence-electron chi connectivity index (χ3n) is 1.43. The zero-order valence-corrected chi connectivity index (χ0v) is 8.80. The Bertz CT molecular complexity index is 319. The number of hydrogen-bond donors (Lipinski definition) is 1. The van der Waals surface area contributed by atoms with Crippen LogP contribution in [0.15, 0.2) is 17.4 Å². The van der Waals surface area contributed by atoms with E-state index in [-0.39, 0.29) is 5.91 Å². The maximum atomic E-state index is 10.9. The van der Waals surface area contributed by atoms with Crippen molar-refractivity contribution in [2.75, 3.05) is 19.9 Å². The predicted molar refractivity (Wildman–Crippen MR) is 53.4 cm³/mol. The normalized spacial score (nSPS) is 9.57. The van der Waals surface area contributed by atoms with Gasteiger partial charge in [-0.05, 0) is 0 Å². The minimum atomic E-state index is -0.0542. The topological polar surface area (TPSA) is 64.1 Å². The van der Waals surface area contributed by atoms with Crippen molar-refractivity contribution in [3.05, 3.63) is 12.3 Å². The SMILES string of the molecule is CNC(=O)CSc1nccc(OC)n1. The highest BCUT2D eigenvalue weighted by Gasteiger charge is 2.03. The van der Waals surface area contributed by atoms with Crippen molar-refractivity contribution in [1.82, 2.24) is 15.3 Å². The zero-order chi connectivity index (χ0) is 10.4. The summed E-state index contributed by atoms with van der Waals surface area (Å²) in [6, 6.07) is 1.66. The van der Waals surface area contributed by atoms with Crippen molar-refractivity contribution in [2.45, 2.75) is 5.16 Å². The van der Waals surface area contributed by atoms with Crippen molar-refractivity contribution >= 4 is 17.7 Å². The Kier molecular flexibility index (Phi) is 4.18. The molecule has 0 aliphatic carbocycles. The molecule has 0 aromatic carbocycles. The van der Waals surface area contributed by atoms with Crippen LogP contribution >= 0.6 is 11.8 Å². The van der Waals surface area contributed by atoms with E-state index in [1.54, 1.807) is 19.3 Å². The second kappa shape index (κ2) is 5.43. The molecule has 0 saturated heterocycles. The third kappa shape index (κ3) is 3.21. The van der Waals surface area contributed by atoms with Gasteiger partial charge in [-0.2, -0.15) is 4.98 Å². The standard InChI is InChI=1S/C8H11N3O2S/c1-9-6(12)5-14-8-10-4-3-7(11-8)13-2/h3-4H,5H2,1-2H3,(H,9,12). The Morgan fingerprint density at radius 3 is 3.14 bits per heavy atom. The van der Waals surface area contributed by atoms with Crippen molar-refractivity contribution < 1.29 is 9.53 Å². The summed E-state index contributed by atoms with van der Waals surface area (Å²) in [5.74, 6) is 0.754. The number of methoxy groups -OCH3 is 1. The van der Waals surface area contributed by atoms with Gasteiger partial charge in [-0.25, -0.2) is 4.98 Å². The highest BCUT2D eigenvalue weighted by Crippen LogP contribution is 2.14. The lowest BCUT2D eigenvalue weighted by molar-refractivity contribution is -0.118. The second-order valence-electron chi connectivity index (χ2n) is 2.34. The summed E-state index contributed by atoms with van der Waals surface area (Å²) in [5, 5.41) is 3.05. The van der Waals surface area contributed by atoms with Crippen LogP contribution in [0.1, 0.15) is 0 Å². The second-order valence-corrected chi connectivity index (χ2v) is 3.29. The lowest BCUT2D eigenvalue weighted by Crippen LogP contribution is -2.19. The van der Waals surface area contributed by atoms with E-state index in [1.165, 1.54) is 18.9 Å². The van der Waals surface area contributed by atoms with Crippen LogP contribution in [0.5, 0.6) is 5.88 Å². The molecule has 0 saturated carbocycles. The summed E-state index contributed by atoms with van der Waals surface area (Å²) >= 11 is 1.27. The highest BCUT2D eigenvalue weighted by molar-refractivity contribution is 7.99. The number of ether oxygens (including phenoxy) is 1. The van der Waals surface area contributed by atoms with E-state index < -0.39 is 0 Å². The molecule has 0 atom stereocenters. The molecule has 14 heavy (non-hydrogen) atoms. The Hall–Kier alpha value is -1.30. The summed E-state index contributed by atoms with van der Waals surface area (Å²) < 4.78 is 4.92. The van der Waals surface area contributed by atoms with Crippen LogP contribution < -0.4 is 10.1 Å². The van der Waals surface area contributed by atoms with E-state index >= 15 is 0 Å². The molecule has 76 valence electrons. The molecule has 1 aromatic heterocycles. The van der Waals surface area contributed by atoms with Gasteiger partial charge in [-0.3, -0.25) is 4.79 Å². The molecule has 1 heterocycles. The molecule has 0 spiro atoms. The fourth-order valence-corrected chi connectivity index (χ4v) is 1.41. The average molecular weight is 213 g/mol. The van der Waals surface area contributed by atoms with E-state index in [1.807, 2.05) is 0 Å². The van der Waals surface area contributed by atoms with Crippen LogP contribution in [0.4, 0.5) is 0 Å². The first-order valence-corrected chi connectivity index (χ1v) is 4.95. The lowest BCUT2D eigenvalue weighted by Gasteiger charge is -2.01. The Morgan fingerprint density at radius 1 is 1.71 bits per heavy atom. The maximum absolute atomic E-state index is 10.9. The number of thioether (sulfide) groups is 1. The molecular formula is C8H11N3O2S. The Labute approximate surface area is 86.3 Å². The Morgan fingerprint density at radius 2 is 2.50 bits per heavy atom. The van der Waals surface area contributed by atoms with Gasteiger partial charge in [-0.1, -0.05) is 11.8 Å². The zero-order valence-electron chi connectivity index (χ0n) is 7.98. The molecule has 1 amide bonds. The first-order valence-electron chi connectivity index (χ1n) is 3.96.